The molecule has 0 saturated carbocycles. The molecule has 2 aromatic rings. The number of nitrogens with zero attached hydrogens (tertiary/aromatic N) is 2. The molecule has 2 aromatic heterocycles. The molecular formula is C11H9N3O. The van der Waals surface area contributed by atoms with E-state index in [1.54, 1.807) is 42.7 Å². The van der Waals surface area contributed by atoms with Crippen molar-refractivity contribution in [1.29, 1.82) is 0 Å². The smallest absolute Gasteiger partial charge is 0.215 e. The van der Waals surface area contributed by atoms with Crippen molar-refractivity contribution >= 4 is 11.6 Å². The van der Waals surface area contributed by atoms with Gasteiger partial charge in [0, 0.05) is 12.4 Å². The third-order valence-corrected chi connectivity index (χ3v) is 1.98. The van der Waals surface area contributed by atoms with Crippen LogP contribution >= 0.6 is 0 Å². The van der Waals surface area contributed by atoms with Gasteiger partial charge in [-0.15, -0.1) is 0 Å². The molecule has 0 aliphatic heterocycles. The average Bonchev–Trinajstić information content (AvgIpc) is 2.30. The van der Waals surface area contributed by atoms with Gasteiger partial charge in [-0.25, -0.2) is 4.98 Å². The van der Waals surface area contributed by atoms with Gasteiger partial charge in [-0.1, -0.05) is 6.07 Å². The van der Waals surface area contributed by atoms with Crippen molar-refractivity contribution in [1.82, 2.24) is 9.97 Å². The van der Waals surface area contributed by atoms with Crippen LogP contribution < -0.4 is 5.73 Å². The number of carbonyl (C=O) groups excluding carboxylic acids is 1. The third kappa shape index (κ3) is 1.83. The summed E-state index contributed by atoms with van der Waals surface area (Å²) in [7, 11) is 0. The van der Waals surface area contributed by atoms with Gasteiger partial charge in [0.25, 0.3) is 0 Å². The highest BCUT2D eigenvalue weighted by molar-refractivity contribution is 6.10. The molecule has 0 atom stereocenters. The minimum absolute atomic E-state index is 0.207. The molecule has 0 aliphatic carbocycles. The summed E-state index contributed by atoms with van der Waals surface area (Å²) in [6, 6.07) is 8.47. The standard InChI is InChI=1S/C11H9N3O/c12-11-8(4-3-7-14-11)10(15)9-5-1-2-6-13-9/h1-7H,(H2,12,14). The van der Waals surface area contributed by atoms with E-state index in [1.807, 2.05) is 0 Å². The lowest BCUT2D eigenvalue weighted by Gasteiger charge is -2.01. The van der Waals surface area contributed by atoms with E-state index in [4.69, 9.17) is 5.73 Å². The number of nitrogen functional groups attached to an aromatic ring is 1. The highest BCUT2D eigenvalue weighted by atomic mass is 16.1. The van der Waals surface area contributed by atoms with Crippen LogP contribution in [0, 0.1) is 0 Å². The van der Waals surface area contributed by atoms with Crippen molar-refractivity contribution in [3.05, 3.63) is 54.0 Å². The maximum Gasteiger partial charge on any atom is 0.215 e. The Morgan fingerprint density at radius 1 is 1.07 bits per heavy atom. The highest BCUT2D eigenvalue weighted by Crippen LogP contribution is 2.11. The van der Waals surface area contributed by atoms with Crippen molar-refractivity contribution in [3.63, 3.8) is 0 Å². The quantitative estimate of drug-likeness (QED) is 0.740. The summed E-state index contributed by atoms with van der Waals surface area (Å²) in [6.07, 6.45) is 3.12. The molecule has 0 aromatic carbocycles. The summed E-state index contributed by atoms with van der Waals surface area (Å²) in [4.78, 5) is 19.7. The second kappa shape index (κ2) is 3.88. The Kier molecular flexibility index (Phi) is 2.41. The Hall–Kier alpha value is -2.23. The topological polar surface area (TPSA) is 68.9 Å². The molecule has 0 bridgehead atoms. The van der Waals surface area contributed by atoms with Gasteiger partial charge < -0.3 is 5.73 Å². The van der Waals surface area contributed by atoms with E-state index in [0.29, 0.717) is 11.3 Å². The Bertz CT molecular complexity index is 482. The second-order valence-corrected chi connectivity index (χ2v) is 2.98. The molecule has 74 valence electrons. The van der Waals surface area contributed by atoms with E-state index >= 15 is 0 Å². The highest BCUT2D eigenvalue weighted by Gasteiger charge is 2.12. The van der Waals surface area contributed by atoms with Crippen LogP contribution in [0.4, 0.5) is 5.82 Å². The molecule has 0 saturated heterocycles. The fourth-order valence-corrected chi connectivity index (χ4v) is 1.24. The van der Waals surface area contributed by atoms with E-state index in [1.165, 1.54) is 0 Å². The Morgan fingerprint density at radius 3 is 2.53 bits per heavy atom. The van der Waals surface area contributed by atoms with Gasteiger partial charge in [0.05, 0.1) is 5.56 Å². The molecule has 2 N–H and O–H groups in total. The number of rotatable bonds is 2. The number of pyridine rings is 2. The number of aromatic nitrogens is 2. The average molecular weight is 199 g/mol. The van der Waals surface area contributed by atoms with Crippen LogP contribution in [0.3, 0.4) is 0 Å². The molecule has 0 aliphatic rings. The zero-order valence-corrected chi connectivity index (χ0v) is 7.92. The number of hydrogen-bond donors (Lipinski definition) is 1. The molecule has 0 spiro atoms. The molecule has 4 heteroatoms. The first-order valence-corrected chi connectivity index (χ1v) is 4.45. The summed E-state index contributed by atoms with van der Waals surface area (Å²) in [5.74, 6) is 0.0225. The van der Waals surface area contributed by atoms with Crippen LogP contribution in [0.2, 0.25) is 0 Å². The fourth-order valence-electron chi connectivity index (χ4n) is 1.24. The Labute approximate surface area is 86.8 Å². The maximum atomic E-state index is 11.9. The number of carbonyl (C=O) groups is 1. The molecular weight excluding hydrogens is 190 g/mol. The summed E-state index contributed by atoms with van der Waals surface area (Å²) in [5, 5.41) is 0. The van der Waals surface area contributed by atoms with Gasteiger partial charge in [-0.3, -0.25) is 9.78 Å². The zero-order valence-electron chi connectivity index (χ0n) is 7.92. The second-order valence-electron chi connectivity index (χ2n) is 2.98. The van der Waals surface area contributed by atoms with Gasteiger partial charge in [0.2, 0.25) is 5.78 Å². The first-order valence-electron chi connectivity index (χ1n) is 4.45. The summed E-state index contributed by atoms with van der Waals surface area (Å²) in [5.41, 5.74) is 6.36. The minimum Gasteiger partial charge on any atom is -0.383 e. The van der Waals surface area contributed by atoms with Crippen LogP contribution in [0.15, 0.2) is 42.7 Å². The molecule has 15 heavy (non-hydrogen) atoms. The molecule has 0 fully saturated rings. The van der Waals surface area contributed by atoms with Crippen LogP contribution in [-0.4, -0.2) is 15.8 Å². The van der Waals surface area contributed by atoms with E-state index in [9.17, 15) is 4.79 Å². The van der Waals surface area contributed by atoms with E-state index in [-0.39, 0.29) is 11.6 Å². The normalized spacial score (nSPS) is 9.87. The fraction of sp³-hybridized carbons (Fsp3) is 0. The summed E-state index contributed by atoms with van der Waals surface area (Å²) >= 11 is 0. The predicted octanol–water partition coefficient (Wildman–Crippen LogP) is 1.29. The van der Waals surface area contributed by atoms with Crippen molar-refractivity contribution < 1.29 is 4.79 Å². The summed E-state index contributed by atoms with van der Waals surface area (Å²) < 4.78 is 0. The van der Waals surface area contributed by atoms with Crippen molar-refractivity contribution in [2.45, 2.75) is 0 Å². The molecule has 2 heterocycles. The minimum atomic E-state index is -0.207. The van der Waals surface area contributed by atoms with Gasteiger partial charge in [0.1, 0.15) is 11.5 Å². The molecule has 0 unspecified atom stereocenters. The number of hydrogen-bond acceptors (Lipinski definition) is 4. The molecule has 2 rings (SSSR count). The predicted molar refractivity (Wildman–Crippen MR) is 56.3 cm³/mol. The van der Waals surface area contributed by atoms with Gasteiger partial charge in [-0.05, 0) is 24.3 Å². The van der Waals surface area contributed by atoms with Crippen LogP contribution in [0.5, 0.6) is 0 Å². The van der Waals surface area contributed by atoms with Crippen LogP contribution in [-0.2, 0) is 0 Å². The lowest BCUT2D eigenvalue weighted by Crippen LogP contribution is -2.07. The van der Waals surface area contributed by atoms with Gasteiger partial charge in [0.15, 0.2) is 0 Å². The molecule has 4 nitrogen and oxygen atoms in total. The lowest BCUT2D eigenvalue weighted by molar-refractivity contribution is 0.103. The lowest BCUT2D eigenvalue weighted by atomic mass is 10.1. The third-order valence-electron chi connectivity index (χ3n) is 1.98. The van der Waals surface area contributed by atoms with Crippen LogP contribution in [0.1, 0.15) is 16.1 Å². The van der Waals surface area contributed by atoms with E-state index in [0.717, 1.165) is 0 Å². The van der Waals surface area contributed by atoms with E-state index in [2.05, 4.69) is 9.97 Å². The summed E-state index contributed by atoms with van der Waals surface area (Å²) in [6.45, 7) is 0. The van der Waals surface area contributed by atoms with Crippen molar-refractivity contribution in [3.8, 4) is 0 Å². The van der Waals surface area contributed by atoms with Crippen LogP contribution in [0.25, 0.3) is 0 Å². The monoisotopic (exact) mass is 199 g/mol. The first kappa shape index (κ1) is 9.33. The number of nitrogens with two attached hydrogens (primary N) is 1. The van der Waals surface area contributed by atoms with Crippen molar-refractivity contribution in [2.75, 3.05) is 5.73 Å². The van der Waals surface area contributed by atoms with Gasteiger partial charge in [-0.2, -0.15) is 0 Å². The Morgan fingerprint density at radius 2 is 1.87 bits per heavy atom. The largest absolute Gasteiger partial charge is 0.383 e. The zero-order chi connectivity index (χ0) is 10.7. The number of ketones is 1. The first-order chi connectivity index (χ1) is 7.29. The molecule has 0 radical (unpaired) electrons. The Balaban J connectivity index is 2.42. The SMILES string of the molecule is Nc1ncccc1C(=O)c1ccccn1. The molecule has 0 amide bonds. The van der Waals surface area contributed by atoms with E-state index < -0.39 is 0 Å². The van der Waals surface area contributed by atoms with Crippen molar-refractivity contribution in [2.24, 2.45) is 0 Å². The maximum absolute atomic E-state index is 11.9. The van der Waals surface area contributed by atoms with Gasteiger partial charge >= 0.3 is 0 Å². The number of anilines is 1.